The first-order valence-electron chi connectivity index (χ1n) is 7.22. The van der Waals surface area contributed by atoms with Gasteiger partial charge in [-0.2, -0.15) is 0 Å². The van der Waals surface area contributed by atoms with Crippen LogP contribution < -0.4 is 0 Å². The Morgan fingerprint density at radius 2 is 1.86 bits per heavy atom. The van der Waals surface area contributed by atoms with E-state index in [2.05, 4.69) is 0 Å². The number of aliphatic carboxylic acids is 1. The Hall–Kier alpha value is -1.31. The molecule has 0 aliphatic carbocycles. The van der Waals surface area contributed by atoms with Crippen LogP contribution in [0, 0.1) is 5.92 Å². The predicted molar refractivity (Wildman–Crippen MR) is 76.8 cm³/mol. The molecule has 0 spiro atoms. The van der Waals surface area contributed by atoms with E-state index < -0.39 is 15.8 Å². The topological polar surface area (TPSA) is 95.0 Å². The molecule has 1 unspecified atom stereocenters. The molecule has 0 aromatic heterocycles. The van der Waals surface area contributed by atoms with Gasteiger partial charge in [0.05, 0.1) is 11.5 Å². The molecule has 2 aliphatic heterocycles. The molecule has 2 heterocycles. The van der Waals surface area contributed by atoms with E-state index in [1.165, 1.54) is 4.90 Å². The van der Waals surface area contributed by atoms with Crippen molar-refractivity contribution in [3.63, 3.8) is 0 Å². The third kappa shape index (κ3) is 4.09. The third-order valence-electron chi connectivity index (χ3n) is 4.41. The highest BCUT2D eigenvalue weighted by Gasteiger charge is 2.35. The average Bonchev–Trinajstić information content (AvgIpc) is 2.77. The smallest absolute Gasteiger partial charge is 0.320 e. The predicted octanol–water partition coefficient (Wildman–Crippen LogP) is 0.412. The lowest BCUT2D eigenvalue weighted by atomic mass is 9.94. The fourth-order valence-corrected chi connectivity index (χ4v) is 4.81. The maximum Gasteiger partial charge on any atom is 0.320 e. The van der Waals surface area contributed by atoms with E-state index in [4.69, 9.17) is 5.11 Å². The number of amides is 2. The molecule has 2 amide bonds. The van der Waals surface area contributed by atoms with E-state index >= 15 is 0 Å². The molecule has 0 radical (unpaired) electrons. The molecule has 21 heavy (non-hydrogen) atoms. The van der Waals surface area contributed by atoms with Crippen molar-refractivity contribution in [2.75, 3.05) is 31.6 Å². The van der Waals surface area contributed by atoms with Crippen LogP contribution in [0.15, 0.2) is 0 Å². The third-order valence-corrected chi connectivity index (χ3v) is 6.16. The van der Waals surface area contributed by atoms with Crippen molar-refractivity contribution < 1.29 is 23.1 Å². The first kappa shape index (κ1) is 16.1. The Bertz CT molecular complexity index is 511. The van der Waals surface area contributed by atoms with Crippen LogP contribution >= 0.6 is 0 Å². The lowest BCUT2D eigenvalue weighted by Gasteiger charge is -2.35. The number of carboxylic acids is 1. The van der Waals surface area contributed by atoms with Gasteiger partial charge in [-0.05, 0) is 25.2 Å². The minimum atomic E-state index is -3.00. The zero-order valence-electron chi connectivity index (χ0n) is 12.2. The molecule has 1 N–H and O–H groups in total. The molecule has 1 atom stereocenters. The van der Waals surface area contributed by atoms with E-state index in [0.717, 1.165) is 0 Å². The van der Waals surface area contributed by atoms with Crippen molar-refractivity contribution >= 4 is 21.8 Å². The summed E-state index contributed by atoms with van der Waals surface area (Å²) in [5, 5.41) is 8.78. The number of hydrogen-bond acceptors (Lipinski definition) is 4. The molecule has 2 fully saturated rings. The second kappa shape index (κ2) is 6.21. The molecule has 120 valence electrons. The second-order valence-corrected chi connectivity index (χ2v) is 8.21. The summed E-state index contributed by atoms with van der Waals surface area (Å²) in [6.45, 7) is 1.08. The Labute approximate surface area is 124 Å². The normalized spacial score (nSPS) is 25.8. The van der Waals surface area contributed by atoms with Crippen molar-refractivity contribution in [2.24, 2.45) is 5.92 Å². The van der Waals surface area contributed by atoms with Gasteiger partial charge in [-0.15, -0.1) is 0 Å². The van der Waals surface area contributed by atoms with Crippen LogP contribution in [0.1, 0.15) is 25.7 Å². The molecule has 0 aromatic rings. The van der Waals surface area contributed by atoms with E-state index in [1.807, 2.05) is 0 Å². The van der Waals surface area contributed by atoms with Gasteiger partial charge in [0.2, 0.25) is 0 Å². The summed E-state index contributed by atoms with van der Waals surface area (Å²) in [4.78, 5) is 26.3. The first-order valence-corrected chi connectivity index (χ1v) is 9.04. The zero-order valence-corrected chi connectivity index (χ0v) is 13.0. The number of hydrogen-bond donors (Lipinski definition) is 1. The summed E-state index contributed by atoms with van der Waals surface area (Å²) in [5.74, 6) is -0.475. The van der Waals surface area contributed by atoms with Crippen LogP contribution in [-0.2, 0) is 14.6 Å². The van der Waals surface area contributed by atoms with Crippen LogP contribution in [0.2, 0.25) is 0 Å². The number of likely N-dealkylation sites (tertiary alicyclic amines) is 1. The number of rotatable bonds is 3. The van der Waals surface area contributed by atoms with Crippen molar-refractivity contribution in [2.45, 2.75) is 31.7 Å². The average molecular weight is 318 g/mol. The highest BCUT2D eigenvalue weighted by molar-refractivity contribution is 7.91. The number of nitrogens with zero attached hydrogens (tertiary/aromatic N) is 2. The maximum absolute atomic E-state index is 12.4. The standard InChI is InChI=1S/C13H22N2O5S/c1-14(11-4-7-21(19,20)9-11)13(18)15-5-2-10(3-6-15)8-12(16)17/h10-11H,2-9H2,1H3,(H,16,17). The van der Waals surface area contributed by atoms with Gasteiger partial charge in [-0.25, -0.2) is 13.2 Å². The van der Waals surface area contributed by atoms with Crippen LogP contribution in [-0.4, -0.2) is 73.0 Å². The van der Waals surface area contributed by atoms with Crippen molar-refractivity contribution in [1.82, 2.24) is 9.80 Å². The number of carbonyl (C=O) groups excluding carboxylic acids is 1. The van der Waals surface area contributed by atoms with E-state index in [1.54, 1.807) is 11.9 Å². The summed E-state index contributed by atoms with van der Waals surface area (Å²) in [7, 11) is -1.35. The Morgan fingerprint density at radius 3 is 2.33 bits per heavy atom. The molecule has 7 nitrogen and oxygen atoms in total. The van der Waals surface area contributed by atoms with Crippen molar-refractivity contribution in [3.8, 4) is 0 Å². The second-order valence-electron chi connectivity index (χ2n) is 5.98. The quantitative estimate of drug-likeness (QED) is 0.813. The zero-order chi connectivity index (χ0) is 15.6. The molecule has 8 heteroatoms. The number of carboxylic acid groups (broad SMARTS) is 1. The maximum atomic E-state index is 12.4. The molecular formula is C13H22N2O5S. The van der Waals surface area contributed by atoms with Gasteiger partial charge in [-0.3, -0.25) is 4.79 Å². The van der Waals surface area contributed by atoms with E-state index in [0.29, 0.717) is 32.4 Å². The van der Waals surface area contributed by atoms with Crippen LogP contribution in [0.3, 0.4) is 0 Å². The summed E-state index contributed by atoms with van der Waals surface area (Å²) >= 11 is 0. The number of piperidine rings is 1. The van der Waals surface area contributed by atoms with Crippen LogP contribution in [0.5, 0.6) is 0 Å². The largest absolute Gasteiger partial charge is 0.481 e. The Balaban J connectivity index is 1.86. The van der Waals surface area contributed by atoms with Gasteiger partial charge in [0.25, 0.3) is 0 Å². The summed E-state index contributed by atoms with van der Waals surface area (Å²) < 4.78 is 23.0. The Kier molecular flexibility index (Phi) is 4.75. The highest BCUT2D eigenvalue weighted by Crippen LogP contribution is 2.23. The summed E-state index contributed by atoms with van der Waals surface area (Å²) in [5.41, 5.74) is 0. The first-order chi connectivity index (χ1) is 9.78. The lowest BCUT2D eigenvalue weighted by molar-refractivity contribution is -0.138. The molecule has 0 saturated carbocycles. The fraction of sp³-hybridized carbons (Fsp3) is 0.846. The van der Waals surface area contributed by atoms with E-state index in [-0.39, 0.29) is 35.9 Å². The van der Waals surface area contributed by atoms with Gasteiger partial charge in [0, 0.05) is 32.6 Å². The van der Waals surface area contributed by atoms with Crippen molar-refractivity contribution in [1.29, 1.82) is 0 Å². The molecule has 2 rings (SSSR count). The van der Waals surface area contributed by atoms with Gasteiger partial charge in [-0.1, -0.05) is 0 Å². The highest BCUT2D eigenvalue weighted by atomic mass is 32.2. The van der Waals surface area contributed by atoms with Gasteiger partial charge in [0.1, 0.15) is 0 Å². The SMILES string of the molecule is CN(C(=O)N1CCC(CC(=O)O)CC1)C1CCS(=O)(=O)C1. The van der Waals surface area contributed by atoms with Crippen LogP contribution in [0.4, 0.5) is 4.79 Å². The molecule has 2 aliphatic rings. The van der Waals surface area contributed by atoms with Gasteiger partial charge < -0.3 is 14.9 Å². The fourth-order valence-electron chi connectivity index (χ4n) is 3.04. The minimum absolute atomic E-state index is 0.0463. The Morgan fingerprint density at radius 1 is 1.24 bits per heavy atom. The summed E-state index contributed by atoms with van der Waals surface area (Å²) in [6, 6.07) is -0.384. The summed E-state index contributed by atoms with van der Waals surface area (Å²) in [6.07, 6.45) is 2.03. The lowest BCUT2D eigenvalue weighted by Crippen LogP contribution is -2.49. The number of urea groups is 1. The van der Waals surface area contributed by atoms with Gasteiger partial charge >= 0.3 is 12.0 Å². The molecular weight excluding hydrogens is 296 g/mol. The number of sulfone groups is 1. The van der Waals surface area contributed by atoms with Crippen LogP contribution in [0.25, 0.3) is 0 Å². The van der Waals surface area contributed by atoms with Crippen molar-refractivity contribution in [3.05, 3.63) is 0 Å². The minimum Gasteiger partial charge on any atom is -0.481 e. The molecule has 0 aromatic carbocycles. The van der Waals surface area contributed by atoms with Gasteiger partial charge in [0.15, 0.2) is 9.84 Å². The van der Waals surface area contributed by atoms with E-state index in [9.17, 15) is 18.0 Å². The number of carbonyl (C=O) groups is 2. The molecule has 0 bridgehead atoms. The monoisotopic (exact) mass is 318 g/mol. The molecule has 2 saturated heterocycles.